The summed E-state index contributed by atoms with van der Waals surface area (Å²) in [4.78, 5) is 2.42. The van der Waals surface area contributed by atoms with E-state index in [4.69, 9.17) is 0 Å². The molecule has 0 radical (unpaired) electrons. The van der Waals surface area contributed by atoms with Crippen LogP contribution >= 0.6 is 0 Å². The zero-order chi connectivity index (χ0) is 15.7. The topological polar surface area (TPSA) is 15.3 Å². The minimum atomic E-state index is -0.148. The highest BCUT2D eigenvalue weighted by Crippen LogP contribution is 2.23. The molecule has 1 rings (SSSR count). The standard InChI is InChI=1S/C18H31FN2/c1-5-7-11-21(12-8-6-2)18-10-9-17(19)13-16(18)14-20-15(3)4/h9-10,13,15,20H,5-8,11-12,14H2,1-4H3. The Labute approximate surface area is 129 Å². The maximum atomic E-state index is 13.6. The van der Waals surface area contributed by atoms with E-state index in [2.05, 4.69) is 37.9 Å². The first-order chi connectivity index (χ1) is 10.1. The van der Waals surface area contributed by atoms with E-state index >= 15 is 0 Å². The van der Waals surface area contributed by atoms with Gasteiger partial charge >= 0.3 is 0 Å². The van der Waals surface area contributed by atoms with E-state index in [1.165, 1.54) is 31.4 Å². The molecular weight excluding hydrogens is 263 g/mol. The van der Waals surface area contributed by atoms with E-state index in [0.29, 0.717) is 6.04 Å². The molecule has 0 amide bonds. The van der Waals surface area contributed by atoms with Crippen molar-refractivity contribution < 1.29 is 4.39 Å². The highest BCUT2D eigenvalue weighted by molar-refractivity contribution is 5.54. The van der Waals surface area contributed by atoms with Crippen LogP contribution in [0.25, 0.3) is 0 Å². The molecule has 3 heteroatoms. The van der Waals surface area contributed by atoms with Crippen molar-refractivity contribution in [3.8, 4) is 0 Å². The highest BCUT2D eigenvalue weighted by atomic mass is 19.1. The normalized spacial score (nSPS) is 11.1. The fraction of sp³-hybridized carbons (Fsp3) is 0.667. The Hall–Kier alpha value is -1.09. The molecule has 0 fully saturated rings. The summed E-state index contributed by atoms with van der Waals surface area (Å²) in [7, 11) is 0. The average Bonchev–Trinajstić information content (AvgIpc) is 2.46. The van der Waals surface area contributed by atoms with Crippen molar-refractivity contribution in [1.82, 2.24) is 5.32 Å². The van der Waals surface area contributed by atoms with Gasteiger partial charge in [0.1, 0.15) is 5.82 Å². The maximum Gasteiger partial charge on any atom is 0.123 e. The van der Waals surface area contributed by atoms with Crippen molar-refractivity contribution in [3.05, 3.63) is 29.6 Å². The van der Waals surface area contributed by atoms with Crippen molar-refractivity contribution in [3.63, 3.8) is 0 Å². The number of hydrogen-bond acceptors (Lipinski definition) is 2. The molecule has 120 valence electrons. The van der Waals surface area contributed by atoms with Crippen LogP contribution in [0.5, 0.6) is 0 Å². The summed E-state index contributed by atoms with van der Waals surface area (Å²) in [6.07, 6.45) is 4.73. The predicted octanol–water partition coefficient (Wildman–Crippen LogP) is 4.73. The second-order valence-electron chi connectivity index (χ2n) is 6.00. The number of unbranched alkanes of at least 4 members (excludes halogenated alkanes) is 2. The van der Waals surface area contributed by atoms with Gasteiger partial charge < -0.3 is 10.2 Å². The molecule has 0 atom stereocenters. The summed E-state index contributed by atoms with van der Waals surface area (Å²) in [5, 5.41) is 3.40. The lowest BCUT2D eigenvalue weighted by Crippen LogP contribution is -2.29. The lowest BCUT2D eigenvalue weighted by atomic mass is 10.1. The van der Waals surface area contributed by atoms with Crippen LogP contribution in [0.3, 0.4) is 0 Å². The molecule has 2 nitrogen and oxygen atoms in total. The largest absolute Gasteiger partial charge is 0.371 e. The molecule has 1 aromatic carbocycles. The van der Waals surface area contributed by atoms with Gasteiger partial charge in [0.25, 0.3) is 0 Å². The van der Waals surface area contributed by atoms with Crippen molar-refractivity contribution in [2.24, 2.45) is 0 Å². The summed E-state index contributed by atoms with van der Waals surface area (Å²) < 4.78 is 13.6. The number of benzene rings is 1. The first-order valence-electron chi connectivity index (χ1n) is 8.35. The third-order valence-electron chi connectivity index (χ3n) is 3.65. The Morgan fingerprint density at radius 2 is 1.71 bits per heavy atom. The van der Waals surface area contributed by atoms with Crippen LogP contribution in [0.1, 0.15) is 58.9 Å². The molecule has 0 saturated heterocycles. The van der Waals surface area contributed by atoms with Crippen molar-refractivity contribution in [2.75, 3.05) is 18.0 Å². The molecule has 0 aromatic heterocycles. The first kappa shape index (κ1) is 18.0. The van der Waals surface area contributed by atoms with Gasteiger partial charge in [0.05, 0.1) is 0 Å². The van der Waals surface area contributed by atoms with Crippen LogP contribution in [0.2, 0.25) is 0 Å². The van der Waals surface area contributed by atoms with Gasteiger partial charge in [0, 0.05) is 31.4 Å². The molecule has 21 heavy (non-hydrogen) atoms. The average molecular weight is 294 g/mol. The predicted molar refractivity (Wildman–Crippen MR) is 90.4 cm³/mol. The zero-order valence-corrected chi connectivity index (χ0v) is 14.1. The highest BCUT2D eigenvalue weighted by Gasteiger charge is 2.12. The fourth-order valence-electron chi connectivity index (χ4n) is 2.37. The van der Waals surface area contributed by atoms with E-state index < -0.39 is 0 Å². The number of rotatable bonds is 10. The number of nitrogens with one attached hydrogen (secondary N) is 1. The molecule has 0 heterocycles. The first-order valence-corrected chi connectivity index (χ1v) is 8.35. The van der Waals surface area contributed by atoms with E-state index in [-0.39, 0.29) is 5.82 Å². The van der Waals surface area contributed by atoms with Crippen LogP contribution in [0.15, 0.2) is 18.2 Å². The Bertz CT molecular complexity index is 396. The molecule has 0 saturated carbocycles. The van der Waals surface area contributed by atoms with Gasteiger partial charge in [-0.1, -0.05) is 40.5 Å². The second-order valence-corrected chi connectivity index (χ2v) is 6.00. The SMILES string of the molecule is CCCCN(CCCC)c1ccc(F)cc1CNC(C)C. The van der Waals surface area contributed by atoms with E-state index in [1.54, 1.807) is 12.1 Å². The lowest BCUT2D eigenvalue weighted by Gasteiger charge is -2.27. The van der Waals surface area contributed by atoms with Gasteiger partial charge in [-0.05, 0) is 36.6 Å². The van der Waals surface area contributed by atoms with E-state index in [9.17, 15) is 4.39 Å². The smallest absolute Gasteiger partial charge is 0.123 e. The quantitative estimate of drug-likeness (QED) is 0.671. The van der Waals surface area contributed by atoms with E-state index in [0.717, 1.165) is 25.2 Å². The number of halogens is 1. The number of anilines is 1. The van der Waals surface area contributed by atoms with Crippen LogP contribution in [-0.2, 0) is 6.54 Å². The molecule has 0 spiro atoms. The molecule has 0 aliphatic carbocycles. The second kappa shape index (κ2) is 9.78. The monoisotopic (exact) mass is 294 g/mol. The number of nitrogens with zero attached hydrogens (tertiary/aromatic N) is 1. The minimum Gasteiger partial charge on any atom is -0.371 e. The van der Waals surface area contributed by atoms with Gasteiger partial charge in [-0.25, -0.2) is 4.39 Å². The zero-order valence-electron chi connectivity index (χ0n) is 14.1. The molecule has 1 N–H and O–H groups in total. The van der Waals surface area contributed by atoms with Crippen LogP contribution < -0.4 is 10.2 Å². The van der Waals surface area contributed by atoms with Gasteiger partial charge in [0.15, 0.2) is 0 Å². The van der Waals surface area contributed by atoms with E-state index in [1.807, 2.05) is 6.07 Å². The van der Waals surface area contributed by atoms with Crippen LogP contribution in [0, 0.1) is 5.82 Å². The third kappa shape index (κ3) is 6.47. The van der Waals surface area contributed by atoms with Crippen molar-refractivity contribution >= 4 is 5.69 Å². The van der Waals surface area contributed by atoms with Crippen molar-refractivity contribution in [1.29, 1.82) is 0 Å². The molecule has 0 unspecified atom stereocenters. The summed E-state index contributed by atoms with van der Waals surface area (Å²) in [6, 6.07) is 5.60. The summed E-state index contributed by atoms with van der Waals surface area (Å²) in [5.41, 5.74) is 2.25. The summed E-state index contributed by atoms with van der Waals surface area (Å²) >= 11 is 0. The minimum absolute atomic E-state index is 0.148. The Morgan fingerprint density at radius 3 is 2.24 bits per heavy atom. The third-order valence-corrected chi connectivity index (χ3v) is 3.65. The molecule has 0 aliphatic heterocycles. The molecular formula is C18H31FN2. The summed E-state index contributed by atoms with van der Waals surface area (Å²) in [6.45, 7) is 11.5. The fourth-order valence-corrected chi connectivity index (χ4v) is 2.37. The molecule has 1 aromatic rings. The Balaban J connectivity index is 2.92. The van der Waals surface area contributed by atoms with Gasteiger partial charge in [-0.3, -0.25) is 0 Å². The Kier molecular flexibility index (Phi) is 8.36. The molecule has 0 bridgehead atoms. The number of hydrogen-bond donors (Lipinski definition) is 1. The van der Waals surface area contributed by atoms with Gasteiger partial charge in [-0.2, -0.15) is 0 Å². The Morgan fingerprint density at radius 1 is 1.10 bits per heavy atom. The van der Waals surface area contributed by atoms with Crippen molar-refractivity contribution in [2.45, 2.75) is 66.0 Å². The maximum absolute atomic E-state index is 13.6. The van der Waals surface area contributed by atoms with Crippen LogP contribution in [-0.4, -0.2) is 19.1 Å². The van der Waals surface area contributed by atoms with Gasteiger partial charge in [0.2, 0.25) is 0 Å². The summed E-state index contributed by atoms with van der Waals surface area (Å²) in [5.74, 6) is -0.148. The van der Waals surface area contributed by atoms with Gasteiger partial charge in [-0.15, -0.1) is 0 Å². The molecule has 0 aliphatic rings. The lowest BCUT2D eigenvalue weighted by molar-refractivity contribution is 0.578. The van der Waals surface area contributed by atoms with Crippen LogP contribution in [0.4, 0.5) is 10.1 Å².